The van der Waals surface area contributed by atoms with Gasteiger partial charge >= 0.3 is 0 Å². The Balaban J connectivity index is 0.000000847. The Morgan fingerprint density at radius 3 is 2.68 bits per heavy atom. The Morgan fingerprint density at radius 1 is 1.18 bits per heavy atom. The Bertz CT molecular complexity index is 540. The molecule has 3 rings (SSSR count). The van der Waals surface area contributed by atoms with Crippen LogP contribution in [0.15, 0.2) is 58.4 Å². The van der Waals surface area contributed by atoms with Gasteiger partial charge in [-0.1, -0.05) is 57.1 Å². The van der Waals surface area contributed by atoms with E-state index in [4.69, 9.17) is 0 Å². The van der Waals surface area contributed by atoms with Crippen molar-refractivity contribution in [1.82, 2.24) is 5.32 Å². The van der Waals surface area contributed by atoms with Crippen molar-refractivity contribution in [3.8, 4) is 0 Å². The third-order valence-corrected chi connectivity index (χ3v) is 4.55. The van der Waals surface area contributed by atoms with Crippen LogP contribution in [0.1, 0.15) is 66.2 Å². The summed E-state index contributed by atoms with van der Waals surface area (Å²) >= 11 is 0. The third kappa shape index (κ3) is 3.82. The summed E-state index contributed by atoms with van der Waals surface area (Å²) in [7, 11) is 0. The molecule has 0 bridgehead atoms. The molecule has 1 atom stereocenters. The molecular formula is C21H31N. The molecule has 1 nitrogen and oxygen atoms in total. The molecule has 120 valence electrons. The van der Waals surface area contributed by atoms with E-state index >= 15 is 0 Å². The summed E-state index contributed by atoms with van der Waals surface area (Å²) in [5, 5.41) is 3.75. The molecule has 2 aliphatic carbocycles. The van der Waals surface area contributed by atoms with Crippen LogP contribution < -0.4 is 5.32 Å². The van der Waals surface area contributed by atoms with Gasteiger partial charge in [-0.15, -0.1) is 0 Å². The van der Waals surface area contributed by atoms with E-state index in [0.717, 1.165) is 0 Å². The summed E-state index contributed by atoms with van der Waals surface area (Å²) in [5.41, 5.74) is 7.37. The lowest BCUT2D eigenvalue weighted by Gasteiger charge is -2.33. The van der Waals surface area contributed by atoms with Gasteiger partial charge < -0.3 is 5.32 Å². The minimum absolute atomic E-state index is 0.432. The first-order chi connectivity index (χ1) is 10.8. The Kier molecular flexibility index (Phi) is 6.30. The van der Waals surface area contributed by atoms with Gasteiger partial charge in [0.25, 0.3) is 0 Å². The number of hydrogen-bond acceptors (Lipinski definition) is 1. The summed E-state index contributed by atoms with van der Waals surface area (Å²) < 4.78 is 0. The van der Waals surface area contributed by atoms with E-state index < -0.39 is 0 Å². The first-order valence-corrected chi connectivity index (χ1v) is 9.02. The van der Waals surface area contributed by atoms with Crippen LogP contribution in [0.2, 0.25) is 0 Å². The molecule has 0 radical (unpaired) electrons. The molecule has 0 aromatic rings. The molecule has 22 heavy (non-hydrogen) atoms. The van der Waals surface area contributed by atoms with E-state index in [9.17, 15) is 0 Å². The number of dihydropyridines is 1. The average Bonchev–Trinajstić information content (AvgIpc) is 2.57. The van der Waals surface area contributed by atoms with Gasteiger partial charge in [-0.25, -0.2) is 0 Å². The highest BCUT2D eigenvalue weighted by molar-refractivity contribution is 5.50. The summed E-state index contributed by atoms with van der Waals surface area (Å²) in [6.45, 7) is 8.55. The van der Waals surface area contributed by atoms with E-state index in [1.165, 1.54) is 55.4 Å². The van der Waals surface area contributed by atoms with Crippen molar-refractivity contribution >= 4 is 0 Å². The summed E-state index contributed by atoms with van der Waals surface area (Å²) in [4.78, 5) is 0. The first kappa shape index (κ1) is 16.9. The zero-order valence-corrected chi connectivity index (χ0v) is 14.7. The van der Waals surface area contributed by atoms with Gasteiger partial charge in [0.1, 0.15) is 0 Å². The third-order valence-electron chi connectivity index (χ3n) is 4.55. The second-order valence-electron chi connectivity index (χ2n) is 6.10. The lowest BCUT2D eigenvalue weighted by atomic mass is 9.83. The molecule has 0 aromatic carbocycles. The molecule has 3 aliphatic rings. The van der Waals surface area contributed by atoms with E-state index in [0.29, 0.717) is 6.04 Å². The van der Waals surface area contributed by atoms with Gasteiger partial charge in [-0.3, -0.25) is 0 Å². The largest absolute Gasteiger partial charge is 0.375 e. The van der Waals surface area contributed by atoms with E-state index in [1.54, 1.807) is 11.1 Å². The predicted octanol–water partition coefficient (Wildman–Crippen LogP) is 5.98. The smallest absolute Gasteiger partial charge is 0.0666 e. The van der Waals surface area contributed by atoms with Crippen LogP contribution in [-0.4, -0.2) is 6.04 Å². The van der Waals surface area contributed by atoms with Crippen molar-refractivity contribution in [3.05, 3.63) is 58.4 Å². The molecule has 0 saturated carbocycles. The monoisotopic (exact) mass is 297 g/mol. The zero-order chi connectivity index (χ0) is 15.9. The topological polar surface area (TPSA) is 12.0 Å². The molecule has 0 fully saturated rings. The highest BCUT2D eigenvalue weighted by atomic mass is 14.9. The van der Waals surface area contributed by atoms with Gasteiger partial charge in [0.2, 0.25) is 0 Å². The van der Waals surface area contributed by atoms with Gasteiger partial charge in [0, 0.05) is 5.70 Å². The minimum Gasteiger partial charge on any atom is -0.375 e. The molecule has 1 heterocycles. The number of hydrogen-bond donors (Lipinski definition) is 1. The molecular weight excluding hydrogens is 266 g/mol. The Hall–Kier alpha value is -1.50. The minimum atomic E-state index is 0.432. The van der Waals surface area contributed by atoms with Crippen molar-refractivity contribution < 1.29 is 0 Å². The zero-order valence-electron chi connectivity index (χ0n) is 14.7. The Labute approximate surface area is 136 Å². The number of nitrogens with one attached hydrogen (secondary N) is 1. The SMILES string of the molecule is CC.CCCC1=CC2NC(C3=CCCC=C3)=CC(C)=C2CC1. The van der Waals surface area contributed by atoms with Crippen LogP contribution in [0.3, 0.4) is 0 Å². The maximum absolute atomic E-state index is 3.75. The normalized spacial score (nSPS) is 23.5. The van der Waals surface area contributed by atoms with Crippen molar-refractivity contribution in [2.24, 2.45) is 0 Å². The molecule has 0 aromatic heterocycles. The molecule has 1 aliphatic heterocycles. The molecule has 1 N–H and O–H groups in total. The first-order valence-electron chi connectivity index (χ1n) is 9.02. The summed E-state index contributed by atoms with van der Waals surface area (Å²) in [5.74, 6) is 0. The Morgan fingerprint density at radius 2 is 2.00 bits per heavy atom. The molecule has 1 heteroatoms. The maximum Gasteiger partial charge on any atom is 0.0666 e. The average molecular weight is 297 g/mol. The van der Waals surface area contributed by atoms with Crippen LogP contribution in [0.4, 0.5) is 0 Å². The fourth-order valence-electron chi connectivity index (χ4n) is 3.47. The van der Waals surface area contributed by atoms with Crippen molar-refractivity contribution in [3.63, 3.8) is 0 Å². The fraction of sp³-hybridized carbons (Fsp3) is 0.524. The van der Waals surface area contributed by atoms with Crippen LogP contribution in [-0.2, 0) is 0 Å². The van der Waals surface area contributed by atoms with Crippen molar-refractivity contribution in [2.75, 3.05) is 0 Å². The molecule has 0 spiro atoms. The van der Waals surface area contributed by atoms with Crippen LogP contribution in [0.25, 0.3) is 0 Å². The van der Waals surface area contributed by atoms with Crippen LogP contribution in [0, 0.1) is 0 Å². The standard InChI is InChI=1S/C19H25N.C2H6/c1-3-7-15-10-11-17-14(2)12-18(20-19(17)13-15)16-8-5-4-6-9-16;1-2/h5,8-9,12-13,19-20H,3-4,6-7,10-11H2,1-2H3;1-2H3. The molecule has 0 saturated heterocycles. The molecule has 0 amide bonds. The maximum atomic E-state index is 3.75. The number of fused-ring (bicyclic) bond motifs is 1. The predicted molar refractivity (Wildman–Crippen MR) is 97.7 cm³/mol. The quantitative estimate of drug-likeness (QED) is 0.632. The highest BCUT2D eigenvalue weighted by Gasteiger charge is 2.24. The van der Waals surface area contributed by atoms with Crippen molar-refractivity contribution in [2.45, 2.75) is 72.3 Å². The van der Waals surface area contributed by atoms with E-state index in [2.05, 4.69) is 49.5 Å². The second-order valence-corrected chi connectivity index (χ2v) is 6.10. The summed E-state index contributed by atoms with van der Waals surface area (Å²) in [6.07, 6.45) is 19.1. The lowest BCUT2D eigenvalue weighted by molar-refractivity contribution is 0.643. The van der Waals surface area contributed by atoms with Crippen molar-refractivity contribution in [1.29, 1.82) is 0 Å². The summed E-state index contributed by atoms with van der Waals surface area (Å²) in [6, 6.07) is 0.432. The van der Waals surface area contributed by atoms with E-state index in [1.807, 2.05) is 13.8 Å². The van der Waals surface area contributed by atoms with Crippen LogP contribution in [0.5, 0.6) is 0 Å². The highest BCUT2D eigenvalue weighted by Crippen LogP contribution is 2.33. The number of rotatable bonds is 3. The number of allylic oxidation sites excluding steroid dienone is 6. The van der Waals surface area contributed by atoms with Gasteiger partial charge in [-0.2, -0.15) is 0 Å². The fourth-order valence-corrected chi connectivity index (χ4v) is 3.47. The van der Waals surface area contributed by atoms with E-state index in [-0.39, 0.29) is 0 Å². The second kappa shape index (κ2) is 8.22. The van der Waals surface area contributed by atoms with Crippen LogP contribution >= 0.6 is 0 Å². The van der Waals surface area contributed by atoms with Gasteiger partial charge in [-0.05, 0) is 61.8 Å². The lowest BCUT2D eigenvalue weighted by Crippen LogP contribution is -2.35. The van der Waals surface area contributed by atoms with Gasteiger partial charge in [0.15, 0.2) is 0 Å². The molecule has 1 unspecified atom stereocenters. The van der Waals surface area contributed by atoms with Gasteiger partial charge in [0.05, 0.1) is 6.04 Å².